The molecule has 0 unspecified atom stereocenters. The van der Waals surface area contributed by atoms with Crippen LogP contribution in [-0.2, 0) is 10.5 Å². The highest BCUT2D eigenvalue weighted by molar-refractivity contribution is 9.10. The molecule has 3 amide bonds. The van der Waals surface area contributed by atoms with Crippen LogP contribution in [0, 0.1) is 5.82 Å². The molecule has 3 rings (SSSR count). The summed E-state index contributed by atoms with van der Waals surface area (Å²) in [6.07, 6.45) is 0.0462. The quantitative estimate of drug-likeness (QED) is 0.478. The summed E-state index contributed by atoms with van der Waals surface area (Å²) in [6, 6.07) is 11.5. The van der Waals surface area contributed by atoms with Crippen molar-refractivity contribution in [2.24, 2.45) is 0 Å². The highest BCUT2D eigenvalue weighted by Gasteiger charge is 2.35. The van der Waals surface area contributed by atoms with Crippen LogP contribution in [0.1, 0.15) is 32.7 Å². The Morgan fingerprint density at radius 2 is 1.86 bits per heavy atom. The van der Waals surface area contributed by atoms with Crippen molar-refractivity contribution in [1.29, 1.82) is 0 Å². The van der Waals surface area contributed by atoms with Crippen molar-refractivity contribution in [3.63, 3.8) is 0 Å². The van der Waals surface area contributed by atoms with Crippen molar-refractivity contribution in [3.05, 3.63) is 69.4 Å². The number of thioether (sulfide) groups is 1. The van der Waals surface area contributed by atoms with Crippen molar-refractivity contribution in [2.45, 2.75) is 12.2 Å². The van der Waals surface area contributed by atoms with Gasteiger partial charge in [0, 0.05) is 35.5 Å². The maximum atomic E-state index is 13.5. The highest BCUT2D eigenvalue weighted by atomic mass is 79.9. The molecule has 5 nitrogen and oxygen atoms in total. The van der Waals surface area contributed by atoms with Gasteiger partial charge in [-0.1, -0.05) is 34.1 Å². The molecule has 0 bridgehead atoms. The lowest BCUT2D eigenvalue weighted by Crippen LogP contribution is -2.35. The van der Waals surface area contributed by atoms with Gasteiger partial charge in [-0.25, -0.2) is 4.39 Å². The average molecular weight is 465 g/mol. The van der Waals surface area contributed by atoms with Crippen LogP contribution in [0.25, 0.3) is 0 Å². The molecule has 0 saturated carbocycles. The lowest BCUT2D eigenvalue weighted by Gasteiger charge is -2.13. The minimum atomic E-state index is -0.380. The minimum absolute atomic E-state index is 0.0398. The largest absolute Gasteiger partial charge is 0.355 e. The van der Waals surface area contributed by atoms with Crippen LogP contribution in [0.3, 0.4) is 0 Å². The fourth-order valence-corrected chi connectivity index (χ4v) is 4.03. The molecule has 0 atom stereocenters. The van der Waals surface area contributed by atoms with E-state index in [9.17, 15) is 18.8 Å². The van der Waals surface area contributed by atoms with Crippen LogP contribution in [0.4, 0.5) is 4.39 Å². The standard InChI is InChI=1S/C20H18BrFN2O3S/c21-14-5-6-15-16(11-14)20(27)24(19(15)26)9-7-18(25)23-8-10-28-12-13-3-1-2-4-17(13)22/h1-6,11H,7-10,12H2,(H,23,25). The molecule has 1 heterocycles. The van der Waals surface area contributed by atoms with Gasteiger partial charge >= 0.3 is 0 Å². The van der Waals surface area contributed by atoms with Gasteiger partial charge in [0.25, 0.3) is 11.8 Å². The van der Waals surface area contributed by atoms with Crippen LogP contribution in [0.2, 0.25) is 0 Å². The van der Waals surface area contributed by atoms with Gasteiger partial charge in [-0.2, -0.15) is 11.8 Å². The third-order valence-corrected chi connectivity index (χ3v) is 5.78. The van der Waals surface area contributed by atoms with Gasteiger partial charge in [0.2, 0.25) is 5.91 Å². The van der Waals surface area contributed by atoms with Gasteiger partial charge in [0.05, 0.1) is 11.1 Å². The number of amides is 3. The smallest absolute Gasteiger partial charge is 0.261 e. The molecular formula is C20H18BrFN2O3S. The molecule has 2 aromatic carbocycles. The predicted octanol–water partition coefficient (Wildman–Crippen LogP) is 3.62. The van der Waals surface area contributed by atoms with Crippen LogP contribution in [0.5, 0.6) is 0 Å². The molecule has 0 saturated heterocycles. The molecular weight excluding hydrogens is 447 g/mol. The number of rotatable bonds is 8. The van der Waals surface area contributed by atoms with Crippen molar-refractivity contribution < 1.29 is 18.8 Å². The molecule has 0 fully saturated rings. The average Bonchev–Trinajstić information content (AvgIpc) is 2.91. The fourth-order valence-electron chi connectivity index (χ4n) is 2.83. The summed E-state index contributed by atoms with van der Waals surface area (Å²) >= 11 is 4.81. The molecule has 8 heteroatoms. The van der Waals surface area contributed by atoms with Crippen LogP contribution >= 0.6 is 27.7 Å². The second-order valence-corrected chi connectivity index (χ2v) is 8.22. The van der Waals surface area contributed by atoms with Gasteiger partial charge in [0.15, 0.2) is 0 Å². The minimum Gasteiger partial charge on any atom is -0.355 e. The zero-order valence-electron chi connectivity index (χ0n) is 14.9. The normalized spacial score (nSPS) is 13.0. The number of imide groups is 1. The lowest BCUT2D eigenvalue weighted by atomic mass is 10.1. The van der Waals surface area contributed by atoms with E-state index in [1.54, 1.807) is 36.4 Å². The molecule has 1 aliphatic heterocycles. The summed E-state index contributed by atoms with van der Waals surface area (Å²) in [7, 11) is 0. The maximum Gasteiger partial charge on any atom is 0.261 e. The first kappa shape index (κ1) is 20.5. The topological polar surface area (TPSA) is 66.5 Å². The summed E-state index contributed by atoms with van der Waals surface area (Å²) in [4.78, 5) is 37.8. The van der Waals surface area contributed by atoms with Crippen molar-refractivity contribution >= 4 is 45.4 Å². The van der Waals surface area contributed by atoms with E-state index < -0.39 is 0 Å². The first-order valence-electron chi connectivity index (χ1n) is 8.71. The number of nitrogens with one attached hydrogen (secondary N) is 1. The summed E-state index contributed by atoms with van der Waals surface area (Å²) in [6.45, 7) is 0.477. The van der Waals surface area contributed by atoms with E-state index >= 15 is 0 Å². The predicted molar refractivity (Wildman–Crippen MR) is 110 cm³/mol. The number of benzene rings is 2. The highest BCUT2D eigenvalue weighted by Crippen LogP contribution is 2.26. The van der Waals surface area contributed by atoms with Crippen molar-refractivity contribution in [2.75, 3.05) is 18.8 Å². The van der Waals surface area contributed by atoms with E-state index in [1.807, 2.05) is 0 Å². The Morgan fingerprint density at radius 3 is 2.64 bits per heavy atom. The zero-order valence-corrected chi connectivity index (χ0v) is 17.3. The molecule has 1 aliphatic rings. The van der Waals surface area contributed by atoms with E-state index in [0.29, 0.717) is 34.7 Å². The first-order valence-corrected chi connectivity index (χ1v) is 10.7. The van der Waals surface area contributed by atoms with Crippen LogP contribution in [0.15, 0.2) is 46.9 Å². The molecule has 0 aromatic heterocycles. The van der Waals surface area contributed by atoms with Crippen LogP contribution in [-0.4, -0.2) is 41.5 Å². The summed E-state index contributed by atoms with van der Waals surface area (Å²) < 4.78 is 14.2. The van der Waals surface area contributed by atoms with Gasteiger partial charge in [0.1, 0.15) is 5.82 Å². The van der Waals surface area contributed by atoms with Gasteiger partial charge in [-0.05, 0) is 29.8 Å². The molecule has 0 radical (unpaired) electrons. The van der Waals surface area contributed by atoms with E-state index in [2.05, 4.69) is 21.2 Å². The molecule has 0 aliphatic carbocycles. The Hall–Kier alpha value is -2.19. The lowest BCUT2D eigenvalue weighted by molar-refractivity contribution is -0.121. The Labute approximate surface area is 174 Å². The number of carbonyl (C=O) groups is 3. The second-order valence-electron chi connectivity index (χ2n) is 6.20. The molecule has 1 N–H and O–H groups in total. The number of hydrogen-bond donors (Lipinski definition) is 1. The summed E-state index contributed by atoms with van der Waals surface area (Å²) in [5.41, 5.74) is 1.35. The van der Waals surface area contributed by atoms with E-state index in [4.69, 9.17) is 0 Å². The molecule has 0 spiro atoms. The zero-order chi connectivity index (χ0) is 20.1. The van der Waals surface area contributed by atoms with Crippen LogP contribution < -0.4 is 5.32 Å². The van der Waals surface area contributed by atoms with Gasteiger partial charge in [-0.3, -0.25) is 19.3 Å². The molecule has 146 valence electrons. The van der Waals surface area contributed by atoms with Gasteiger partial charge < -0.3 is 5.32 Å². The maximum absolute atomic E-state index is 13.5. The SMILES string of the molecule is O=C(CCN1C(=O)c2ccc(Br)cc2C1=O)NCCSCc1ccccc1F. The summed E-state index contributed by atoms with van der Waals surface area (Å²) in [5, 5.41) is 2.76. The van der Waals surface area contributed by atoms with Gasteiger partial charge in [-0.15, -0.1) is 0 Å². The van der Waals surface area contributed by atoms with E-state index in [0.717, 1.165) is 9.37 Å². The van der Waals surface area contributed by atoms with E-state index in [1.165, 1.54) is 17.8 Å². The van der Waals surface area contributed by atoms with E-state index in [-0.39, 0.29) is 36.5 Å². The number of nitrogens with zero attached hydrogens (tertiary/aromatic N) is 1. The first-order chi connectivity index (χ1) is 13.5. The third kappa shape index (κ3) is 4.80. The number of halogens is 2. The fraction of sp³-hybridized carbons (Fsp3) is 0.250. The Morgan fingerprint density at radius 1 is 1.11 bits per heavy atom. The second kappa shape index (κ2) is 9.34. The Kier molecular flexibility index (Phi) is 6.85. The monoisotopic (exact) mass is 464 g/mol. The summed E-state index contributed by atoms with van der Waals surface area (Å²) in [5.74, 6) is -0.0413. The number of carbonyl (C=O) groups excluding carboxylic acids is 3. The molecule has 2 aromatic rings. The van der Waals surface area contributed by atoms with Crippen molar-refractivity contribution in [3.8, 4) is 0 Å². The Bertz CT molecular complexity index is 922. The Balaban J connectivity index is 1.39. The molecule has 28 heavy (non-hydrogen) atoms. The van der Waals surface area contributed by atoms with Crippen molar-refractivity contribution in [1.82, 2.24) is 10.2 Å². The number of hydrogen-bond acceptors (Lipinski definition) is 4. The number of fused-ring (bicyclic) bond motifs is 1. The third-order valence-electron chi connectivity index (χ3n) is 4.28.